The van der Waals surface area contributed by atoms with E-state index in [9.17, 15) is 4.79 Å². The van der Waals surface area contributed by atoms with Crippen molar-refractivity contribution in [3.05, 3.63) is 51.3 Å². The van der Waals surface area contributed by atoms with Crippen molar-refractivity contribution >= 4 is 12.6 Å². The van der Waals surface area contributed by atoms with Gasteiger partial charge in [0.1, 0.15) is 0 Å². The molecule has 2 rings (SSSR count). The molecular weight excluding hydrogens is 244 g/mol. The molecule has 0 aliphatic heterocycles. The van der Waals surface area contributed by atoms with E-state index < -0.39 is 0 Å². The Morgan fingerprint density at radius 3 is 2.56 bits per heavy atom. The summed E-state index contributed by atoms with van der Waals surface area (Å²) in [7, 11) is 1.67. The zero-order valence-corrected chi connectivity index (χ0v) is 11.7. The maximum absolute atomic E-state index is 11.8. The lowest BCUT2D eigenvalue weighted by molar-refractivity contribution is 0.704. The molecular formula is C14H16N2OS. The molecule has 4 heteroatoms. The van der Waals surface area contributed by atoms with E-state index in [1.165, 1.54) is 15.8 Å². The van der Waals surface area contributed by atoms with Crippen molar-refractivity contribution < 1.29 is 0 Å². The highest BCUT2D eigenvalue weighted by molar-refractivity contribution is 7.79. The largest absolute Gasteiger partial charge is 0.270 e. The summed E-state index contributed by atoms with van der Waals surface area (Å²) in [5, 5.41) is 4.29. The van der Waals surface area contributed by atoms with E-state index in [1.807, 2.05) is 12.1 Å². The van der Waals surface area contributed by atoms with E-state index in [0.717, 1.165) is 11.3 Å². The number of hydrogen-bond donors (Lipinski definition) is 1. The fraction of sp³-hybridized carbons (Fsp3) is 0.286. The molecule has 2 aromatic rings. The van der Waals surface area contributed by atoms with Crippen molar-refractivity contribution in [3.63, 3.8) is 0 Å². The Morgan fingerprint density at radius 2 is 1.94 bits per heavy atom. The lowest BCUT2D eigenvalue weighted by Crippen LogP contribution is -2.23. The molecule has 0 spiro atoms. The number of benzene rings is 1. The topological polar surface area (TPSA) is 34.9 Å². The van der Waals surface area contributed by atoms with E-state index >= 15 is 0 Å². The van der Waals surface area contributed by atoms with Crippen molar-refractivity contribution in [2.75, 3.05) is 0 Å². The van der Waals surface area contributed by atoms with Gasteiger partial charge in [-0.2, -0.15) is 17.7 Å². The second-order valence-electron chi connectivity index (χ2n) is 4.44. The summed E-state index contributed by atoms with van der Waals surface area (Å²) in [4.78, 5) is 11.8. The van der Waals surface area contributed by atoms with Crippen LogP contribution in [0.3, 0.4) is 0 Å². The average Bonchev–Trinajstić information content (AvgIpc) is 2.36. The molecule has 0 N–H and O–H groups in total. The van der Waals surface area contributed by atoms with Crippen LogP contribution in [0.4, 0.5) is 0 Å². The Kier molecular flexibility index (Phi) is 3.57. The second kappa shape index (κ2) is 4.98. The smallest absolute Gasteiger partial charge is 0.267 e. The molecule has 0 fully saturated rings. The summed E-state index contributed by atoms with van der Waals surface area (Å²) in [5.41, 5.74) is 4.89. The van der Waals surface area contributed by atoms with Gasteiger partial charge in [-0.3, -0.25) is 4.79 Å². The van der Waals surface area contributed by atoms with Gasteiger partial charge in [0.15, 0.2) is 0 Å². The van der Waals surface area contributed by atoms with Crippen molar-refractivity contribution in [1.82, 2.24) is 9.78 Å². The van der Waals surface area contributed by atoms with Gasteiger partial charge in [-0.15, -0.1) is 0 Å². The third-order valence-corrected chi connectivity index (χ3v) is 3.45. The summed E-state index contributed by atoms with van der Waals surface area (Å²) in [5.74, 6) is 0.424. The maximum Gasteiger partial charge on any atom is 0.270 e. The summed E-state index contributed by atoms with van der Waals surface area (Å²) < 4.78 is 1.37. The number of hydrogen-bond acceptors (Lipinski definition) is 3. The molecule has 0 radical (unpaired) electrons. The molecule has 0 aliphatic rings. The van der Waals surface area contributed by atoms with E-state index in [0.29, 0.717) is 11.3 Å². The predicted octanol–water partition coefficient (Wildman–Crippen LogP) is 2.49. The zero-order chi connectivity index (χ0) is 13.3. The van der Waals surface area contributed by atoms with Crippen molar-refractivity contribution in [2.45, 2.75) is 19.6 Å². The van der Waals surface area contributed by atoms with Crippen molar-refractivity contribution in [1.29, 1.82) is 0 Å². The Balaban J connectivity index is 2.60. The van der Waals surface area contributed by atoms with Crippen LogP contribution in [0.15, 0.2) is 29.1 Å². The van der Waals surface area contributed by atoms with E-state index in [2.05, 4.69) is 43.7 Å². The van der Waals surface area contributed by atoms with Crippen LogP contribution < -0.4 is 5.56 Å². The standard InChI is InChI=1S/C14H16N2OS/c1-9-4-5-11(6-10(9)2)13-7-12(8-18)14(17)16(3)15-13/h4-7,18H,8H2,1-3H3. The van der Waals surface area contributed by atoms with Gasteiger partial charge in [0.2, 0.25) is 0 Å². The van der Waals surface area contributed by atoms with Crippen LogP contribution in [0.1, 0.15) is 16.7 Å². The van der Waals surface area contributed by atoms with Crippen molar-refractivity contribution in [2.24, 2.45) is 7.05 Å². The van der Waals surface area contributed by atoms with E-state index in [4.69, 9.17) is 0 Å². The van der Waals surface area contributed by atoms with Crippen LogP contribution in [0.5, 0.6) is 0 Å². The molecule has 0 bridgehead atoms. The third-order valence-electron chi connectivity index (χ3n) is 3.11. The Morgan fingerprint density at radius 1 is 1.22 bits per heavy atom. The molecule has 0 saturated carbocycles. The van der Waals surface area contributed by atoms with Crippen LogP contribution in [-0.2, 0) is 12.8 Å². The summed E-state index contributed by atoms with van der Waals surface area (Å²) in [6, 6.07) is 8.00. The Bertz CT molecular complexity index is 647. The molecule has 3 nitrogen and oxygen atoms in total. The second-order valence-corrected chi connectivity index (χ2v) is 4.76. The fourth-order valence-electron chi connectivity index (χ4n) is 1.83. The van der Waals surface area contributed by atoms with Gasteiger partial charge >= 0.3 is 0 Å². The molecule has 1 aromatic heterocycles. The number of thiol groups is 1. The third kappa shape index (κ3) is 2.34. The molecule has 1 aromatic carbocycles. The van der Waals surface area contributed by atoms with Gasteiger partial charge in [0, 0.05) is 23.9 Å². The molecule has 1 heterocycles. The van der Waals surface area contributed by atoms with Crippen LogP contribution >= 0.6 is 12.6 Å². The first-order valence-electron chi connectivity index (χ1n) is 5.78. The predicted molar refractivity (Wildman–Crippen MR) is 77.1 cm³/mol. The van der Waals surface area contributed by atoms with Gasteiger partial charge in [0.25, 0.3) is 5.56 Å². The zero-order valence-electron chi connectivity index (χ0n) is 10.8. The minimum atomic E-state index is -0.0856. The summed E-state index contributed by atoms with van der Waals surface area (Å²) in [6.07, 6.45) is 0. The van der Waals surface area contributed by atoms with Gasteiger partial charge in [0.05, 0.1) is 5.69 Å². The molecule has 0 amide bonds. The number of aromatic nitrogens is 2. The molecule has 0 unspecified atom stereocenters. The molecule has 0 aliphatic carbocycles. The fourth-order valence-corrected chi connectivity index (χ4v) is 2.05. The first kappa shape index (κ1) is 12.9. The van der Waals surface area contributed by atoms with Gasteiger partial charge < -0.3 is 0 Å². The quantitative estimate of drug-likeness (QED) is 0.842. The normalized spacial score (nSPS) is 10.7. The lowest BCUT2D eigenvalue weighted by atomic mass is 10.0. The molecule has 94 valence electrons. The lowest BCUT2D eigenvalue weighted by Gasteiger charge is -2.08. The van der Waals surface area contributed by atoms with Gasteiger partial charge in [-0.05, 0) is 37.1 Å². The minimum absolute atomic E-state index is 0.0856. The van der Waals surface area contributed by atoms with E-state index in [1.54, 1.807) is 7.05 Å². The van der Waals surface area contributed by atoms with Crippen LogP contribution in [0.25, 0.3) is 11.3 Å². The minimum Gasteiger partial charge on any atom is -0.267 e. The maximum atomic E-state index is 11.8. The molecule has 0 saturated heterocycles. The Labute approximate surface area is 112 Å². The number of rotatable bonds is 2. The number of nitrogens with zero attached hydrogens (tertiary/aromatic N) is 2. The molecule has 0 atom stereocenters. The molecule has 18 heavy (non-hydrogen) atoms. The monoisotopic (exact) mass is 260 g/mol. The average molecular weight is 260 g/mol. The highest BCUT2D eigenvalue weighted by Crippen LogP contribution is 2.20. The van der Waals surface area contributed by atoms with Crippen LogP contribution in [0.2, 0.25) is 0 Å². The first-order chi connectivity index (χ1) is 8.52. The highest BCUT2D eigenvalue weighted by Gasteiger charge is 2.07. The van der Waals surface area contributed by atoms with Crippen LogP contribution in [0, 0.1) is 13.8 Å². The Hall–Kier alpha value is -1.55. The first-order valence-corrected chi connectivity index (χ1v) is 6.42. The van der Waals surface area contributed by atoms with Crippen molar-refractivity contribution in [3.8, 4) is 11.3 Å². The highest BCUT2D eigenvalue weighted by atomic mass is 32.1. The summed E-state index contributed by atoms with van der Waals surface area (Å²) >= 11 is 4.18. The SMILES string of the molecule is Cc1ccc(-c2cc(CS)c(=O)n(C)n2)cc1C. The van der Waals surface area contributed by atoms with Crippen LogP contribution in [-0.4, -0.2) is 9.78 Å². The number of aryl methyl sites for hydroxylation is 3. The van der Waals surface area contributed by atoms with Gasteiger partial charge in [-0.1, -0.05) is 12.1 Å². The summed E-state index contributed by atoms with van der Waals surface area (Å²) in [6.45, 7) is 4.15. The van der Waals surface area contributed by atoms with E-state index in [-0.39, 0.29) is 5.56 Å². The van der Waals surface area contributed by atoms with Gasteiger partial charge in [-0.25, -0.2) is 4.68 Å².